The molecule has 1 spiro atoms. The van der Waals surface area contributed by atoms with E-state index in [0.717, 1.165) is 43.7 Å². The van der Waals surface area contributed by atoms with Gasteiger partial charge in [-0.15, -0.1) is 0 Å². The van der Waals surface area contributed by atoms with Crippen molar-refractivity contribution < 1.29 is 14.3 Å². The number of nitrogens with one attached hydrogen (secondary N) is 1. The van der Waals surface area contributed by atoms with Gasteiger partial charge in [0, 0.05) is 31.5 Å². The lowest BCUT2D eigenvalue weighted by molar-refractivity contribution is -0.138. The summed E-state index contributed by atoms with van der Waals surface area (Å²) < 4.78 is 6.59. The molecule has 0 saturated carbocycles. The van der Waals surface area contributed by atoms with Crippen LogP contribution < -0.4 is 15.8 Å². The molecule has 1 aromatic carbocycles. The molecule has 7 heteroatoms. The predicted molar refractivity (Wildman–Crippen MR) is 112 cm³/mol. The summed E-state index contributed by atoms with van der Waals surface area (Å²) >= 11 is 0. The number of ether oxygens (including phenoxy) is 1. The number of benzene rings is 1. The number of rotatable bonds is 5. The number of amides is 2. The van der Waals surface area contributed by atoms with Crippen LogP contribution in [0.15, 0.2) is 24.3 Å². The predicted octanol–water partition coefficient (Wildman–Crippen LogP) is 1.51. The van der Waals surface area contributed by atoms with Gasteiger partial charge in [-0.3, -0.25) is 9.59 Å². The maximum atomic E-state index is 13.3. The molecule has 2 aliphatic heterocycles. The minimum absolute atomic E-state index is 0.0663. The molecule has 0 bridgehead atoms. The summed E-state index contributed by atoms with van der Waals surface area (Å²) in [7, 11) is 2.13. The molecule has 0 radical (unpaired) electrons. The third kappa shape index (κ3) is 5.48. The maximum Gasteiger partial charge on any atom is 0.245 e. The second-order valence-electron chi connectivity index (χ2n) is 8.43. The summed E-state index contributed by atoms with van der Waals surface area (Å²) in [6, 6.07) is 7.39. The van der Waals surface area contributed by atoms with Gasteiger partial charge in [0.25, 0.3) is 0 Å². The molecule has 0 aliphatic carbocycles. The largest absolute Gasteiger partial charge is 0.485 e. The standard InChI is InChI=1S/C22H34N4O3/c1-17(24-20(27)9-5-12-23)21(28)26-15-18-7-3-4-8-19(18)29-22(16-26)10-6-13-25(2)14-11-22/h3-4,7-8,17H,5-6,9-16,23H2,1-2H3,(H,24,27). The number of carbonyl (C=O) groups is 2. The van der Waals surface area contributed by atoms with Gasteiger partial charge in [-0.2, -0.15) is 0 Å². The second kappa shape index (κ2) is 9.59. The van der Waals surface area contributed by atoms with Crippen LogP contribution in [0.4, 0.5) is 0 Å². The third-order valence-electron chi connectivity index (χ3n) is 5.93. The van der Waals surface area contributed by atoms with E-state index in [-0.39, 0.29) is 11.8 Å². The number of nitrogens with two attached hydrogens (primary N) is 1. The highest BCUT2D eigenvalue weighted by Gasteiger charge is 2.41. The number of para-hydroxylation sites is 1. The molecule has 2 heterocycles. The van der Waals surface area contributed by atoms with E-state index >= 15 is 0 Å². The van der Waals surface area contributed by atoms with Crippen LogP contribution in [0.1, 0.15) is 44.6 Å². The zero-order valence-electron chi connectivity index (χ0n) is 17.7. The Morgan fingerprint density at radius 1 is 1.28 bits per heavy atom. The number of hydrogen-bond acceptors (Lipinski definition) is 5. The van der Waals surface area contributed by atoms with E-state index in [9.17, 15) is 9.59 Å². The molecule has 2 unspecified atom stereocenters. The molecule has 1 aromatic rings. The topological polar surface area (TPSA) is 87.9 Å². The van der Waals surface area contributed by atoms with E-state index in [4.69, 9.17) is 10.5 Å². The van der Waals surface area contributed by atoms with Gasteiger partial charge in [-0.05, 0) is 52.4 Å². The highest BCUT2D eigenvalue weighted by molar-refractivity contribution is 5.87. The van der Waals surface area contributed by atoms with Crippen LogP contribution in [0.3, 0.4) is 0 Å². The van der Waals surface area contributed by atoms with Crippen LogP contribution in [-0.4, -0.2) is 66.5 Å². The Balaban J connectivity index is 1.80. The van der Waals surface area contributed by atoms with Gasteiger partial charge in [-0.1, -0.05) is 18.2 Å². The molecule has 1 saturated heterocycles. The van der Waals surface area contributed by atoms with Crippen LogP contribution in [0.25, 0.3) is 0 Å². The number of carbonyl (C=O) groups excluding carboxylic acids is 2. The Hall–Kier alpha value is -2.12. The van der Waals surface area contributed by atoms with Gasteiger partial charge in [0.15, 0.2) is 0 Å². The van der Waals surface area contributed by atoms with Crippen molar-refractivity contribution in [1.29, 1.82) is 0 Å². The Morgan fingerprint density at radius 3 is 2.86 bits per heavy atom. The molecule has 3 rings (SSSR count). The normalized spacial score (nSPS) is 23.5. The first-order valence-corrected chi connectivity index (χ1v) is 10.7. The van der Waals surface area contributed by atoms with Crippen molar-refractivity contribution in [3.05, 3.63) is 29.8 Å². The zero-order chi connectivity index (χ0) is 20.9. The molecule has 1 fully saturated rings. The van der Waals surface area contributed by atoms with E-state index in [1.54, 1.807) is 6.92 Å². The molecule has 0 aromatic heterocycles. The summed E-state index contributed by atoms with van der Waals surface area (Å²) in [4.78, 5) is 29.5. The first-order chi connectivity index (χ1) is 13.9. The van der Waals surface area contributed by atoms with Crippen LogP contribution in [-0.2, 0) is 16.1 Å². The van der Waals surface area contributed by atoms with E-state index in [2.05, 4.69) is 17.3 Å². The highest BCUT2D eigenvalue weighted by Crippen LogP contribution is 2.35. The first kappa shape index (κ1) is 21.6. The highest BCUT2D eigenvalue weighted by atomic mass is 16.5. The molecule has 2 aliphatic rings. The summed E-state index contributed by atoms with van der Waals surface area (Å²) in [5.74, 6) is 0.670. The first-order valence-electron chi connectivity index (χ1n) is 10.7. The van der Waals surface area contributed by atoms with Crippen LogP contribution in [0, 0.1) is 0 Å². The van der Waals surface area contributed by atoms with Crippen molar-refractivity contribution in [2.24, 2.45) is 5.73 Å². The van der Waals surface area contributed by atoms with Crippen molar-refractivity contribution in [1.82, 2.24) is 15.1 Å². The van der Waals surface area contributed by atoms with Crippen molar-refractivity contribution in [2.75, 3.05) is 33.2 Å². The minimum Gasteiger partial charge on any atom is -0.485 e. The summed E-state index contributed by atoms with van der Waals surface area (Å²) in [5.41, 5.74) is 6.09. The van der Waals surface area contributed by atoms with Crippen molar-refractivity contribution >= 4 is 11.8 Å². The van der Waals surface area contributed by atoms with Crippen molar-refractivity contribution in [3.8, 4) is 5.75 Å². The number of fused-ring (bicyclic) bond motifs is 1. The second-order valence-corrected chi connectivity index (χ2v) is 8.43. The van der Waals surface area contributed by atoms with E-state index in [1.807, 2.05) is 29.2 Å². The molecular weight excluding hydrogens is 368 g/mol. The quantitative estimate of drug-likeness (QED) is 0.779. The van der Waals surface area contributed by atoms with Crippen molar-refractivity contribution in [3.63, 3.8) is 0 Å². The van der Waals surface area contributed by atoms with Gasteiger partial charge >= 0.3 is 0 Å². The lowest BCUT2D eigenvalue weighted by Gasteiger charge is -2.36. The average Bonchev–Trinajstić information content (AvgIpc) is 2.98. The van der Waals surface area contributed by atoms with Crippen molar-refractivity contribution in [2.45, 2.75) is 57.2 Å². The van der Waals surface area contributed by atoms with Crippen LogP contribution in [0.2, 0.25) is 0 Å². The molecule has 2 atom stereocenters. The number of nitrogens with zero attached hydrogens (tertiary/aromatic N) is 2. The number of likely N-dealkylation sites (tertiary alicyclic amines) is 1. The summed E-state index contributed by atoms with van der Waals surface area (Å²) in [5, 5.41) is 2.83. The van der Waals surface area contributed by atoms with E-state index < -0.39 is 11.6 Å². The van der Waals surface area contributed by atoms with Gasteiger partial charge in [-0.25, -0.2) is 0 Å². The average molecular weight is 403 g/mol. The van der Waals surface area contributed by atoms with E-state index in [1.165, 1.54) is 0 Å². The number of hydrogen-bond donors (Lipinski definition) is 2. The lowest BCUT2D eigenvalue weighted by Crippen LogP contribution is -2.52. The van der Waals surface area contributed by atoms with E-state index in [0.29, 0.717) is 32.5 Å². The fourth-order valence-electron chi connectivity index (χ4n) is 4.24. The van der Waals surface area contributed by atoms with Gasteiger partial charge < -0.3 is 25.6 Å². The van der Waals surface area contributed by atoms with Crippen LogP contribution in [0.5, 0.6) is 5.75 Å². The van der Waals surface area contributed by atoms with Gasteiger partial charge in [0.1, 0.15) is 17.4 Å². The maximum absolute atomic E-state index is 13.3. The smallest absolute Gasteiger partial charge is 0.245 e. The Kier molecular flexibility index (Phi) is 7.14. The molecule has 29 heavy (non-hydrogen) atoms. The monoisotopic (exact) mass is 402 g/mol. The molecule has 2 amide bonds. The Bertz CT molecular complexity index is 726. The minimum atomic E-state index is -0.573. The molecule has 3 N–H and O–H groups in total. The van der Waals surface area contributed by atoms with Gasteiger partial charge in [0.05, 0.1) is 6.54 Å². The SMILES string of the molecule is CC(NC(=O)CCCN)C(=O)N1Cc2ccccc2OC2(CCCN(C)CC2)C1. The summed E-state index contributed by atoms with van der Waals surface area (Å²) in [6.07, 6.45) is 3.78. The summed E-state index contributed by atoms with van der Waals surface area (Å²) in [6.45, 7) is 5.23. The Morgan fingerprint density at radius 2 is 2.07 bits per heavy atom. The Labute approximate surface area is 173 Å². The zero-order valence-corrected chi connectivity index (χ0v) is 17.7. The molecular formula is C22H34N4O3. The fraction of sp³-hybridized carbons (Fsp3) is 0.636. The van der Waals surface area contributed by atoms with Gasteiger partial charge in [0.2, 0.25) is 11.8 Å². The van der Waals surface area contributed by atoms with Crippen LogP contribution >= 0.6 is 0 Å². The third-order valence-corrected chi connectivity index (χ3v) is 5.93. The molecule has 7 nitrogen and oxygen atoms in total. The fourth-order valence-corrected chi connectivity index (χ4v) is 4.24. The molecule has 160 valence electrons. The lowest BCUT2D eigenvalue weighted by atomic mass is 9.93.